The van der Waals surface area contributed by atoms with E-state index in [1.807, 2.05) is 13.1 Å². The van der Waals surface area contributed by atoms with Crippen molar-refractivity contribution >= 4 is 23.2 Å². The largest absolute Gasteiger partial charge is 0.508 e. The highest BCUT2D eigenvalue weighted by atomic mass is 16.3. The predicted molar refractivity (Wildman–Crippen MR) is 119 cm³/mol. The fourth-order valence-corrected chi connectivity index (χ4v) is 6.29. The van der Waals surface area contributed by atoms with Gasteiger partial charge in [0.05, 0.1) is 11.6 Å². The van der Waals surface area contributed by atoms with Crippen LogP contribution in [0.4, 0.5) is 0 Å². The minimum absolute atomic E-state index is 0.00158. The Morgan fingerprint density at radius 2 is 1.91 bits per heavy atom. The molecule has 180 valence electrons. The Balaban J connectivity index is 1.65. The topological polar surface area (TPSA) is 187 Å². The molecule has 0 bridgehead atoms. The molecular formula is C24H27N3O7. The number of nitrogens with two attached hydrogens (primary N) is 2. The lowest BCUT2D eigenvalue weighted by Crippen LogP contribution is -2.65. The quantitative estimate of drug-likeness (QED) is 0.327. The maximum Gasteiger partial charge on any atom is 0.255 e. The predicted octanol–water partition coefficient (Wildman–Crippen LogP) is 0.128. The SMILES string of the molecule is CN1CCCC1c1cc(O)c2c(c1)C[C@H]1C[C@H]3[C@H](N)C(=O)C(C(N)=O)=C(O)[C@@]3(O)C(=O)C1=C2O. The monoisotopic (exact) mass is 469 g/mol. The van der Waals surface area contributed by atoms with E-state index in [1.54, 1.807) is 6.07 Å². The average molecular weight is 469 g/mol. The number of amides is 1. The van der Waals surface area contributed by atoms with Crippen LogP contribution in [-0.4, -0.2) is 68.0 Å². The molecule has 5 atom stereocenters. The smallest absolute Gasteiger partial charge is 0.255 e. The zero-order valence-electron chi connectivity index (χ0n) is 18.6. The van der Waals surface area contributed by atoms with E-state index < -0.39 is 58.0 Å². The van der Waals surface area contributed by atoms with Gasteiger partial charge < -0.3 is 31.9 Å². The number of aliphatic hydroxyl groups is 3. The summed E-state index contributed by atoms with van der Waals surface area (Å²) in [6.07, 6.45) is 2.23. The molecule has 1 aromatic carbocycles. The van der Waals surface area contributed by atoms with Crippen LogP contribution in [0.15, 0.2) is 29.0 Å². The fourth-order valence-electron chi connectivity index (χ4n) is 6.29. The second-order valence-electron chi connectivity index (χ2n) is 9.79. The molecule has 1 unspecified atom stereocenters. The van der Waals surface area contributed by atoms with Gasteiger partial charge in [-0.3, -0.25) is 19.3 Å². The molecule has 1 amide bonds. The standard InChI is InChI=1S/C24H27N3O7/c1-27-4-2-3-13(27)9-5-10-6-11-7-12-18(25)20(30)17(23(26)33)22(32)24(12,34)21(31)16(11)19(29)15(10)14(28)8-9/h5,8,11-13,18,28-29,32,34H,2-4,6-7,25H2,1H3,(H2,26,33)/t11-,12-,13?,18-,24-/m0/s1. The lowest BCUT2D eigenvalue weighted by atomic mass is 9.58. The number of likely N-dealkylation sites (tertiary alicyclic amines) is 1. The molecule has 8 N–H and O–H groups in total. The third kappa shape index (κ3) is 2.82. The van der Waals surface area contributed by atoms with Gasteiger partial charge in [-0.15, -0.1) is 0 Å². The summed E-state index contributed by atoms with van der Waals surface area (Å²) in [6, 6.07) is 2.17. The first-order valence-corrected chi connectivity index (χ1v) is 11.3. The minimum atomic E-state index is -2.68. The van der Waals surface area contributed by atoms with Crippen LogP contribution in [0, 0.1) is 11.8 Å². The number of primary amides is 1. The maximum absolute atomic E-state index is 13.5. The maximum atomic E-state index is 13.5. The number of hydrogen-bond acceptors (Lipinski definition) is 9. The molecule has 0 spiro atoms. The first-order valence-electron chi connectivity index (χ1n) is 11.3. The number of nitrogens with zero attached hydrogens (tertiary/aromatic N) is 1. The van der Waals surface area contributed by atoms with Crippen LogP contribution in [-0.2, 0) is 20.8 Å². The van der Waals surface area contributed by atoms with Crippen molar-refractivity contribution in [2.24, 2.45) is 23.3 Å². The Kier molecular flexibility index (Phi) is 4.91. The molecule has 1 heterocycles. The first-order chi connectivity index (χ1) is 16.0. The molecule has 10 nitrogen and oxygen atoms in total. The number of rotatable bonds is 2. The Hall–Kier alpha value is -3.21. The molecule has 1 saturated heterocycles. The van der Waals surface area contributed by atoms with Gasteiger partial charge >= 0.3 is 0 Å². The van der Waals surface area contributed by atoms with E-state index in [0.717, 1.165) is 24.9 Å². The van der Waals surface area contributed by atoms with E-state index in [9.17, 15) is 34.8 Å². The van der Waals surface area contributed by atoms with Crippen LogP contribution < -0.4 is 11.5 Å². The Bertz CT molecular complexity index is 1220. The summed E-state index contributed by atoms with van der Waals surface area (Å²) < 4.78 is 0. The molecule has 3 aliphatic carbocycles. The summed E-state index contributed by atoms with van der Waals surface area (Å²) in [5.41, 5.74) is 9.10. The highest BCUT2D eigenvalue weighted by Gasteiger charge is 2.63. The Morgan fingerprint density at radius 1 is 1.21 bits per heavy atom. The highest BCUT2D eigenvalue weighted by molar-refractivity contribution is 6.24. The van der Waals surface area contributed by atoms with Crippen molar-refractivity contribution < 1.29 is 34.8 Å². The van der Waals surface area contributed by atoms with Crippen LogP contribution in [0.3, 0.4) is 0 Å². The van der Waals surface area contributed by atoms with E-state index in [-0.39, 0.29) is 35.8 Å². The van der Waals surface area contributed by atoms with Crippen LogP contribution in [0.25, 0.3) is 5.76 Å². The normalized spacial score (nSPS) is 33.6. The van der Waals surface area contributed by atoms with Crippen LogP contribution in [0.5, 0.6) is 5.75 Å². The van der Waals surface area contributed by atoms with Gasteiger partial charge in [-0.1, -0.05) is 6.07 Å². The zero-order chi connectivity index (χ0) is 24.7. The Morgan fingerprint density at radius 3 is 2.53 bits per heavy atom. The number of phenolic OH excluding ortho intramolecular Hbond substituents is 1. The van der Waals surface area contributed by atoms with Gasteiger partial charge in [-0.25, -0.2) is 0 Å². The molecule has 10 heteroatoms. The van der Waals surface area contributed by atoms with Crippen molar-refractivity contribution in [3.8, 4) is 5.75 Å². The number of carbonyl (C=O) groups excluding carboxylic acids is 3. The second kappa shape index (κ2) is 7.39. The van der Waals surface area contributed by atoms with Gasteiger partial charge in [-0.2, -0.15) is 0 Å². The summed E-state index contributed by atoms with van der Waals surface area (Å²) in [7, 11) is 2.01. The van der Waals surface area contributed by atoms with Gasteiger partial charge in [0.15, 0.2) is 11.4 Å². The number of benzene rings is 1. The van der Waals surface area contributed by atoms with Crippen LogP contribution in [0.2, 0.25) is 0 Å². The van der Waals surface area contributed by atoms with E-state index in [1.165, 1.54) is 0 Å². The summed E-state index contributed by atoms with van der Waals surface area (Å²) in [4.78, 5) is 40.1. The Labute approximate surface area is 195 Å². The molecule has 0 radical (unpaired) electrons. The van der Waals surface area contributed by atoms with Crippen molar-refractivity contribution in [2.45, 2.75) is 43.4 Å². The lowest BCUT2D eigenvalue weighted by Gasteiger charge is -2.48. The number of ketones is 2. The van der Waals surface area contributed by atoms with Gasteiger partial charge in [0, 0.05) is 17.5 Å². The number of hydrogen-bond donors (Lipinski definition) is 6. The van der Waals surface area contributed by atoms with E-state index >= 15 is 0 Å². The van der Waals surface area contributed by atoms with Crippen molar-refractivity contribution in [3.05, 3.63) is 45.7 Å². The molecule has 2 fully saturated rings. The number of fused-ring (bicyclic) bond motifs is 3. The molecule has 4 aliphatic rings. The molecule has 1 aliphatic heterocycles. The average Bonchev–Trinajstić information content (AvgIpc) is 3.19. The molecule has 5 rings (SSSR count). The minimum Gasteiger partial charge on any atom is -0.508 e. The number of phenols is 1. The highest BCUT2D eigenvalue weighted by Crippen LogP contribution is 2.52. The summed E-state index contributed by atoms with van der Waals surface area (Å²) in [5.74, 6) is -6.96. The van der Waals surface area contributed by atoms with Gasteiger partial charge in [0.25, 0.3) is 5.91 Å². The molecule has 1 aromatic rings. The van der Waals surface area contributed by atoms with Gasteiger partial charge in [-0.05, 0) is 62.4 Å². The fraction of sp³-hybridized carbons (Fsp3) is 0.458. The van der Waals surface area contributed by atoms with Gasteiger partial charge in [0.2, 0.25) is 5.78 Å². The first kappa shape index (κ1) is 22.6. The molecular weight excluding hydrogens is 442 g/mol. The third-order valence-corrected chi connectivity index (χ3v) is 7.99. The zero-order valence-corrected chi connectivity index (χ0v) is 18.6. The van der Waals surface area contributed by atoms with Crippen LogP contribution in [0.1, 0.15) is 42.0 Å². The van der Waals surface area contributed by atoms with E-state index in [0.29, 0.717) is 5.56 Å². The molecule has 34 heavy (non-hydrogen) atoms. The molecule has 0 aromatic heterocycles. The second-order valence-corrected chi connectivity index (χ2v) is 9.79. The number of aliphatic hydroxyl groups excluding tert-OH is 2. The summed E-state index contributed by atoms with van der Waals surface area (Å²) in [5, 5.41) is 43.8. The lowest BCUT2D eigenvalue weighted by molar-refractivity contribution is -0.149. The summed E-state index contributed by atoms with van der Waals surface area (Å²) in [6.45, 7) is 0.936. The van der Waals surface area contributed by atoms with Crippen molar-refractivity contribution in [1.29, 1.82) is 0 Å². The van der Waals surface area contributed by atoms with Crippen molar-refractivity contribution in [2.75, 3.05) is 13.6 Å². The number of aromatic hydroxyl groups is 1. The third-order valence-electron chi connectivity index (χ3n) is 7.99. The van der Waals surface area contributed by atoms with Crippen molar-refractivity contribution in [1.82, 2.24) is 4.90 Å². The molecule has 1 saturated carbocycles. The van der Waals surface area contributed by atoms with E-state index in [4.69, 9.17) is 11.5 Å². The summed E-state index contributed by atoms with van der Waals surface area (Å²) >= 11 is 0. The van der Waals surface area contributed by atoms with E-state index in [2.05, 4.69) is 4.90 Å². The van der Waals surface area contributed by atoms with Gasteiger partial charge in [0.1, 0.15) is 22.8 Å². The van der Waals surface area contributed by atoms with Crippen molar-refractivity contribution in [3.63, 3.8) is 0 Å². The number of Topliss-reactive ketones (excluding diaryl/α,β-unsaturated/α-hetero) is 2. The van der Waals surface area contributed by atoms with Crippen LogP contribution >= 0.6 is 0 Å². The number of carbonyl (C=O) groups is 3.